The number of rotatable bonds is 4. The molecule has 126 valence electrons. The van der Waals surface area contributed by atoms with Crippen LogP contribution in [-0.4, -0.2) is 38.3 Å². The molecular weight excluding hydrogens is 316 g/mol. The molecule has 4 heterocycles. The molecule has 5 rings (SSSR count). The summed E-state index contributed by atoms with van der Waals surface area (Å²) in [7, 11) is 0. The van der Waals surface area contributed by atoms with Crippen molar-refractivity contribution in [3.63, 3.8) is 0 Å². The van der Waals surface area contributed by atoms with Gasteiger partial charge in [0, 0.05) is 41.7 Å². The number of aromatic amines is 2. The predicted molar refractivity (Wildman–Crippen MR) is 95.3 cm³/mol. The maximum absolute atomic E-state index is 5.90. The lowest BCUT2D eigenvalue weighted by atomic mass is 9.97. The second kappa shape index (κ2) is 5.86. The van der Waals surface area contributed by atoms with Crippen LogP contribution < -0.4 is 5.32 Å². The number of hydrogen-bond donors (Lipinski definition) is 3. The van der Waals surface area contributed by atoms with Crippen LogP contribution in [0.4, 0.5) is 5.82 Å². The Balaban J connectivity index is 1.44. The highest BCUT2D eigenvalue weighted by Crippen LogP contribution is 2.35. The van der Waals surface area contributed by atoms with Gasteiger partial charge < -0.3 is 15.0 Å². The van der Waals surface area contributed by atoms with Gasteiger partial charge in [0.2, 0.25) is 0 Å². The molecule has 0 spiro atoms. The molecule has 7 nitrogen and oxygen atoms in total. The number of nitrogens with zero attached hydrogens (tertiary/aromatic N) is 3. The van der Waals surface area contributed by atoms with E-state index in [2.05, 4.69) is 42.6 Å². The van der Waals surface area contributed by atoms with E-state index in [0.29, 0.717) is 5.92 Å². The summed E-state index contributed by atoms with van der Waals surface area (Å²) in [5.41, 5.74) is 3.03. The summed E-state index contributed by atoms with van der Waals surface area (Å²) < 4.78 is 5.90. The quantitative estimate of drug-likeness (QED) is 0.533. The van der Waals surface area contributed by atoms with Gasteiger partial charge in [0.05, 0.1) is 17.7 Å². The normalized spacial score (nSPS) is 20.5. The smallest absolute Gasteiger partial charge is 0.143 e. The third-order valence-corrected chi connectivity index (χ3v) is 4.89. The Hall–Kier alpha value is -2.93. The third kappa shape index (κ3) is 2.44. The van der Waals surface area contributed by atoms with Crippen molar-refractivity contribution < 1.29 is 4.74 Å². The number of ether oxygens (including phenoxy) is 1. The molecule has 25 heavy (non-hydrogen) atoms. The van der Waals surface area contributed by atoms with Crippen molar-refractivity contribution in [1.29, 1.82) is 0 Å². The highest BCUT2D eigenvalue weighted by atomic mass is 16.5. The first kappa shape index (κ1) is 14.4. The molecule has 2 atom stereocenters. The monoisotopic (exact) mass is 334 g/mol. The maximum atomic E-state index is 5.90. The van der Waals surface area contributed by atoms with E-state index in [-0.39, 0.29) is 6.10 Å². The van der Waals surface area contributed by atoms with Gasteiger partial charge in [-0.1, -0.05) is 18.2 Å². The first-order chi connectivity index (χ1) is 12.4. The number of aromatic nitrogens is 5. The third-order valence-electron chi connectivity index (χ3n) is 4.89. The Bertz CT molecular complexity index is 1010. The molecule has 0 bridgehead atoms. The Labute approximate surface area is 143 Å². The molecule has 7 heteroatoms. The number of fused-ring (bicyclic) bond motifs is 3. The van der Waals surface area contributed by atoms with Crippen LogP contribution in [0.15, 0.2) is 43.0 Å². The highest BCUT2D eigenvalue weighted by molar-refractivity contribution is 6.10. The number of H-pyrrole nitrogens is 2. The van der Waals surface area contributed by atoms with E-state index in [1.807, 2.05) is 24.5 Å². The zero-order valence-electron chi connectivity index (χ0n) is 13.6. The van der Waals surface area contributed by atoms with Gasteiger partial charge in [0.15, 0.2) is 0 Å². The molecule has 0 saturated carbocycles. The van der Waals surface area contributed by atoms with Crippen molar-refractivity contribution in [2.24, 2.45) is 5.92 Å². The van der Waals surface area contributed by atoms with Gasteiger partial charge in [-0.15, -0.1) is 0 Å². The lowest BCUT2D eigenvalue weighted by molar-refractivity contribution is 0.0933. The van der Waals surface area contributed by atoms with Gasteiger partial charge in [-0.25, -0.2) is 9.97 Å². The lowest BCUT2D eigenvalue weighted by Crippen LogP contribution is -2.18. The Kier molecular flexibility index (Phi) is 3.38. The number of nitrogens with one attached hydrogen (secondary N) is 3. The molecule has 1 saturated heterocycles. The number of para-hydroxylation sites is 1. The van der Waals surface area contributed by atoms with Gasteiger partial charge in [0.25, 0.3) is 0 Å². The second-order valence-electron chi connectivity index (χ2n) is 6.37. The Morgan fingerprint density at radius 2 is 2.20 bits per heavy atom. The molecular formula is C18H18N6O. The largest absolute Gasteiger partial charge is 0.373 e. The van der Waals surface area contributed by atoms with Crippen LogP contribution in [0.2, 0.25) is 0 Å². The summed E-state index contributed by atoms with van der Waals surface area (Å²) in [6, 6.07) is 8.20. The first-order valence-electron chi connectivity index (χ1n) is 8.46. The van der Waals surface area contributed by atoms with Crippen molar-refractivity contribution >= 4 is 27.8 Å². The summed E-state index contributed by atoms with van der Waals surface area (Å²) in [6.07, 6.45) is 6.44. The molecule has 1 aromatic carbocycles. The minimum Gasteiger partial charge on any atom is -0.373 e. The average molecular weight is 334 g/mol. The summed E-state index contributed by atoms with van der Waals surface area (Å²) in [4.78, 5) is 12.2. The van der Waals surface area contributed by atoms with Crippen LogP contribution in [0.5, 0.6) is 0 Å². The highest BCUT2D eigenvalue weighted by Gasteiger charge is 2.30. The minimum atomic E-state index is 0.0755. The van der Waals surface area contributed by atoms with Crippen molar-refractivity contribution in [2.45, 2.75) is 12.5 Å². The van der Waals surface area contributed by atoms with E-state index in [1.165, 1.54) is 0 Å². The van der Waals surface area contributed by atoms with Crippen LogP contribution >= 0.6 is 0 Å². The van der Waals surface area contributed by atoms with Crippen LogP contribution in [0.25, 0.3) is 21.9 Å². The summed E-state index contributed by atoms with van der Waals surface area (Å²) in [5.74, 6) is 1.24. The zero-order valence-corrected chi connectivity index (χ0v) is 13.6. The summed E-state index contributed by atoms with van der Waals surface area (Å²) in [5, 5.41) is 12.6. The van der Waals surface area contributed by atoms with Crippen LogP contribution in [0, 0.1) is 5.92 Å². The van der Waals surface area contributed by atoms with Gasteiger partial charge in [-0.3, -0.25) is 5.10 Å². The topological polar surface area (TPSA) is 91.5 Å². The van der Waals surface area contributed by atoms with Gasteiger partial charge in [0.1, 0.15) is 17.8 Å². The predicted octanol–water partition coefficient (Wildman–Crippen LogP) is 3.02. The van der Waals surface area contributed by atoms with Crippen molar-refractivity contribution in [1.82, 2.24) is 25.1 Å². The number of anilines is 1. The molecule has 1 aliphatic heterocycles. The number of hydrogen-bond acceptors (Lipinski definition) is 5. The van der Waals surface area contributed by atoms with E-state index in [4.69, 9.17) is 4.74 Å². The van der Waals surface area contributed by atoms with Crippen LogP contribution in [0.1, 0.15) is 18.1 Å². The molecule has 0 radical (unpaired) electrons. The lowest BCUT2D eigenvalue weighted by Gasteiger charge is -2.18. The van der Waals surface area contributed by atoms with E-state index in [0.717, 1.165) is 52.9 Å². The molecule has 1 aliphatic rings. The Morgan fingerprint density at radius 3 is 3.12 bits per heavy atom. The molecule has 3 aromatic heterocycles. The van der Waals surface area contributed by atoms with Crippen molar-refractivity contribution in [3.05, 3.63) is 48.5 Å². The fourth-order valence-corrected chi connectivity index (χ4v) is 3.66. The van der Waals surface area contributed by atoms with Gasteiger partial charge in [-0.2, -0.15) is 5.10 Å². The van der Waals surface area contributed by atoms with Gasteiger partial charge >= 0.3 is 0 Å². The number of benzene rings is 1. The first-order valence-corrected chi connectivity index (χ1v) is 8.46. The fraction of sp³-hybridized carbons (Fsp3) is 0.278. The minimum absolute atomic E-state index is 0.0755. The molecule has 4 aromatic rings. The average Bonchev–Trinajstić information content (AvgIpc) is 3.37. The summed E-state index contributed by atoms with van der Waals surface area (Å²) >= 11 is 0. The standard InChI is InChI=1S/C18H18N6O/c1-2-4-14-13(3-1)15-17(20-10-21-18(15)24-14)19-7-11-5-6-25-16(11)12-8-22-23-9-12/h1-4,8-11,16H,5-7H2,(H,22,23)(H2,19,20,21,24)/t11-,16+/m0/s1. The van der Waals surface area contributed by atoms with Crippen LogP contribution in [0.3, 0.4) is 0 Å². The fourth-order valence-electron chi connectivity index (χ4n) is 3.66. The SMILES string of the molecule is c1ccc2c(c1)[nH]c1ncnc(NC[C@@H]3CCO[C@H]3c3cn[nH]c3)c12. The molecule has 1 fully saturated rings. The van der Waals surface area contributed by atoms with E-state index in [1.54, 1.807) is 6.33 Å². The van der Waals surface area contributed by atoms with Crippen molar-refractivity contribution in [2.75, 3.05) is 18.5 Å². The van der Waals surface area contributed by atoms with E-state index in [9.17, 15) is 0 Å². The second-order valence-corrected chi connectivity index (χ2v) is 6.37. The molecule has 0 amide bonds. The molecule has 3 N–H and O–H groups in total. The van der Waals surface area contributed by atoms with E-state index >= 15 is 0 Å². The Morgan fingerprint density at radius 1 is 1.24 bits per heavy atom. The molecule has 0 unspecified atom stereocenters. The van der Waals surface area contributed by atoms with Gasteiger partial charge in [-0.05, 0) is 12.5 Å². The zero-order chi connectivity index (χ0) is 16.6. The van der Waals surface area contributed by atoms with E-state index < -0.39 is 0 Å². The van der Waals surface area contributed by atoms with Crippen molar-refractivity contribution in [3.8, 4) is 0 Å². The maximum Gasteiger partial charge on any atom is 0.143 e. The molecule has 0 aliphatic carbocycles. The summed E-state index contributed by atoms with van der Waals surface area (Å²) in [6.45, 7) is 1.57. The van der Waals surface area contributed by atoms with Crippen LogP contribution in [-0.2, 0) is 4.74 Å².